The SMILES string of the molecule is COc1cc2nn([C@H]3CC4[C@H]3CN4C(=O)OC(C)(C)C)cc2cc1N. The zero-order valence-electron chi connectivity index (χ0n) is 15.0. The highest BCUT2D eigenvalue weighted by molar-refractivity contribution is 5.84. The molecule has 1 saturated heterocycles. The minimum Gasteiger partial charge on any atom is -0.495 e. The molecule has 0 radical (unpaired) electrons. The normalized spacial score (nSPS) is 25.1. The zero-order chi connectivity index (χ0) is 17.9. The monoisotopic (exact) mass is 344 g/mol. The molecular formula is C18H24N4O3. The molecule has 1 aliphatic heterocycles. The van der Waals surface area contributed by atoms with Gasteiger partial charge in [-0.05, 0) is 33.3 Å². The van der Waals surface area contributed by atoms with Crippen molar-refractivity contribution in [3.63, 3.8) is 0 Å². The van der Waals surface area contributed by atoms with Crippen molar-refractivity contribution in [1.82, 2.24) is 14.7 Å². The average molecular weight is 344 g/mol. The van der Waals surface area contributed by atoms with E-state index in [0.29, 0.717) is 23.4 Å². The van der Waals surface area contributed by atoms with E-state index in [1.807, 2.05) is 48.7 Å². The molecule has 1 aromatic carbocycles. The largest absolute Gasteiger partial charge is 0.495 e. The van der Waals surface area contributed by atoms with Gasteiger partial charge >= 0.3 is 6.09 Å². The van der Waals surface area contributed by atoms with Gasteiger partial charge in [0.1, 0.15) is 11.4 Å². The van der Waals surface area contributed by atoms with E-state index in [9.17, 15) is 4.79 Å². The fraction of sp³-hybridized carbons (Fsp3) is 0.556. The molecule has 2 N–H and O–H groups in total. The van der Waals surface area contributed by atoms with Gasteiger partial charge in [-0.2, -0.15) is 5.10 Å². The van der Waals surface area contributed by atoms with Gasteiger partial charge in [-0.1, -0.05) is 0 Å². The summed E-state index contributed by atoms with van der Waals surface area (Å²) in [7, 11) is 1.60. The first-order valence-corrected chi connectivity index (χ1v) is 8.59. The number of piperidine rings is 1. The maximum Gasteiger partial charge on any atom is 0.410 e. The minimum absolute atomic E-state index is 0.213. The summed E-state index contributed by atoms with van der Waals surface area (Å²) in [5, 5.41) is 5.68. The highest BCUT2D eigenvalue weighted by Gasteiger charge is 2.56. The van der Waals surface area contributed by atoms with E-state index < -0.39 is 5.60 Å². The van der Waals surface area contributed by atoms with Gasteiger partial charge < -0.3 is 20.1 Å². The number of anilines is 1. The third kappa shape index (κ3) is 2.58. The fourth-order valence-corrected chi connectivity index (χ4v) is 3.75. The molecular weight excluding hydrogens is 320 g/mol. The van der Waals surface area contributed by atoms with Crippen LogP contribution >= 0.6 is 0 Å². The Morgan fingerprint density at radius 1 is 1.32 bits per heavy atom. The van der Waals surface area contributed by atoms with Crippen LogP contribution in [0.5, 0.6) is 5.75 Å². The molecule has 1 saturated carbocycles. The summed E-state index contributed by atoms with van der Waals surface area (Å²) < 4.78 is 12.7. The second-order valence-corrected chi connectivity index (χ2v) is 7.93. The van der Waals surface area contributed by atoms with Crippen molar-refractivity contribution in [3.05, 3.63) is 18.3 Å². The molecule has 134 valence electrons. The van der Waals surface area contributed by atoms with Gasteiger partial charge in [0.25, 0.3) is 0 Å². The molecule has 3 atom stereocenters. The van der Waals surface area contributed by atoms with Crippen molar-refractivity contribution >= 4 is 22.7 Å². The third-order valence-corrected chi connectivity index (χ3v) is 5.12. The van der Waals surface area contributed by atoms with Crippen LogP contribution in [0.1, 0.15) is 33.2 Å². The van der Waals surface area contributed by atoms with Crippen molar-refractivity contribution in [1.29, 1.82) is 0 Å². The molecule has 2 fully saturated rings. The Morgan fingerprint density at radius 2 is 2.08 bits per heavy atom. The predicted molar refractivity (Wildman–Crippen MR) is 94.6 cm³/mol. The standard InChI is InChI=1S/C18H24N4O3/c1-18(2,3)25-17(23)21-9-11-14(21)7-15(11)22-8-10-5-12(19)16(24-4)6-13(10)20-22/h5-6,8,11,14-15H,7,9,19H2,1-4H3/t11-,14?,15+/m1/s1. The van der Waals surface area contributed by atoms with Crippen molar-refractivity contribution in [3.8, 4) is 5.75 Å². The van der Waals surface area contributed by atoms with Gasteiger partial charge in [-0.15, -0.1) is 0 Å². The predicted octanol–water partition coefficient (Wildman–Crippen LogP) is 2.81. The number of hydrogen-bond donors (Lipinski definition) is 1. The van der Waals surface area contributed by atoms with Crippen LogP contribution < -0.4 is 10.5 Å². The number of carbonyl (C=O) groups excluding carboxylic acids is 1. The van der Waals surface area contributed by atoms with Gasteiger partial charge in [-0.3, -0.25) is 4.68 Å². The highest BCUT2D eigenvalue weighted by atomic mass is 16.6. The van der Waals surface area contributed by atoms with Gasteiger partial charge in [0.15, 0.2) is 0 Å². The third-order valence-electron chi connectivity index (χ3n) is 5.12. The Labute approximate surface area is 146 Å². The molecule has 2 heterocycles. The average Bonchev–Trinajstić information content (AvgIpc) is 2.88. The number of fused-ring (bicyclic) bond motifs is 2. The first-order valence-electron chi connectivity index (χ1n) is 8.59. The number of aromatic nitrogens is 2. The van der Waals surface area contributed by atoms with Gasteiger partial charge in [0, 0.05) is 36.2 Å². The number of nitrogens with two attached hydrogens (primary N) is 1. The lowest BCUT2D eigenvalue weighted by molar-refractivity contribution is -0.103. The number of hydrogen-bond acceptors (Lipinski definition) is 5. The van der Waals surface area contributed by atoms with Crippen molar-refractivity contribution in [2.24, 2.45) is 5.92 Å². The molecule has 2 aliphatic rings. The van der Waals surface area contributed by atoms with Crippen LogP contribution in [-0.4, -0.2) is 46.1 Å². The minimum atomic E-state index is -0.454. The summed E-state index contributed by atoms with van der Waals surface area (Å²) in [6.45, 7) is 6.40. The molecule has 7 nitrogen and oxygen atoms in total. The maximum atomic E-state index is 12.2. The first-order chi connectivity index (χ1) is 11.8. The molecule has 1 aliphatic carbocycles. The number of benzene rings is 1. The van der Waals surface area contributed by atoms with Crippen LogP contribution in [-0.2, 0) is 4.74 Å². The number of methoxy groups -OCH3 is 1. The molecule has 2 aromatic rings. The molecule has 25 heavy (non-hydrogen) atoms. The molecule has 7 heteroatoms. The summed E-state index contributed by atoms with van der Waals surface area (Å²) in [5.41, 5.74) is 7.00. The molecule has 1 unspecified atom stereocenters. The number of likely N-dealkylation sites (tertiary alicyclic amines) is 1. The van der Waals surface area contributed by atoms with Crippen LogP contribution in [0.25, 0.3) is 10.9 Å². The van der Waals surface area contributed by atoms with Crippen LogP contribution in [0.3, 0.4) is 0 Å². The molecule has 0 spiro atoms. The van der Waals surface area contributed by atoms with E-state index in [1.165, 1.54) is 0 Å². The van der Waals surface area contributed by atoms with Crippen molar-refractivity contribution in [2.75, 3.05) is 19.4 Å². The first kappa shape index (κ1) is 16.1. The van der Waals surface area contributed by atoms with Crippen LogP contribution in [0.15, 0.2) is 18.3 Å². The van der Waals surface area contributed by atoms with E-state index in [0.717, 1.165) is 23.9 Å². The van der Waals surface area contributed by atoms with E-state index >= 15 is 0 Å². The Morgan fingerprint density at radius 3 is 2.68 bits per heavy atom. The van der Waals surface area contributed by atoms with E-state index in [1.54, 1.807) is 7.11 Å². The second kappa shape index (κ2) is 5.28. The number of ether oxygens (including phenoxy) is 2. The second-order valence-electron chi connectivity index (χ2n) is 7.93. The number of carbonyl (C=O) groups is 1. The van der Waals surface area contributed by atoms with Gasteiger partial charge in [0.2, 0.25) is 0 Å². The van der Waals surface area contributed by atoms with Crippen molar-refractivity contribution in [2.45, 2.75) is 44.9 Å². The highest BCUT2D eigenvalue weighted by Crippen LogP contribution is 2.50. The fourth-order valence-electron chi connectivity index (χ4n) is 3.75. The van der Waals surface area contributed by atoms with Gasteiger partial charge in [0.05, 0.1) is 24.4 Å². The number of rotatable bonds is 2. The Hall–Kier alpha value is -2.44. The van der Waals surface area contributed by atoms with Gasteiger partial charge in [-0.25, -0.2) is 4.79 Å². The summed E-state index contributed by atoms with van der Waals surface area (Å²) in [5.74, 6) is 1.09. The van der Waals surface area contributed by atoms with Crippen LogP contribution in [0, 0.1) is 5.92 Å². The van der Waals surface area contributed by atoms with E-state index in [4.69, 9.17) is 15.2 Å². The Balaban J connectivity index is 1.46. The number of nitrogen functional groups attached to an aromatic ring is 1. The number of amides is 1. The Kier molecular flexibility index (Phi) is 3.39. The Bertz CT molecular complexity index is 839. The molecule has 0 bridgehead atoms. The smallest absolute Gasteiger partial charge is 0.410 e. The quantitative estimate of drug-likeness (QED) is 0.847. The maximum absolute atomic E-state index is 12.2. The van der Waals surface area contributed by atoms with Crippen molar-refractivity contribution < 1.29 is 14.3 Å². The summed E-state index contributed by atoms with van der Waals surface area (Å²) in [4.78, 5) is 14.0. The molecule has 1 aromatic heterocycles. The summed E-state index contributed by atoms with van der Waals surface area (Å²) >= 11 is 0. The van der Waals surface area contributed by atoms with Crippen LogP contribution in [0.4, 0.5) is 10.5 Å². The lowest BCUT2D eigenvalue weighted by atomic mass is 9.67. The topological polar surface area (TPSA) is 82.6 Å². The van der Waals surface area contributed by atoms with E-state index in [2.05, 4.69) is 5.10 Å². The summed E-state index contributed by atoms with van der Waals surface area (Å²) in [6, 6.07) is 4.35. The van der Waals surface area contributed by atoms with Crippen LogP contribution in [0.2, 0.25) is 0 Å². The zero-order valence-corrected chi connectivity index (χ0v) is 15.0. The lowest BCUT2D eigenvalue weighted by Gasteiger charge is -2.59. The lowest BCUT2D eigenvalue weighted by Crippen LogP contribution is -2.68. The summed E-state index contributed by atoms with van der Waals surface area (Å²) in [6.07, 6.45) is 2.72. The van der Waals surface area contributed by atoms with E-state index in [-0.39, 0.29) is 12.1 Å². The molecule has 4 rings (SSSR count). The molecule has 1 amide bonds. The number of nitrogens with zero attached hydrogens (tertiary/aromatic N) is 3.